The number of ether oxygens (including phenoxy) is 1. The van der Waals surface area contributed by atoms with Crippen LogP contribution >= 0.6 is 23.5 Å². The van der Waals surface area contributed by atoms with E-state index in [1.807, 2.05) is 61.5 Å². The molecule has 0 atom stereocenters. The molecule has 0 fully saturated rings. The molecule has 4 heteroatoms. The highest BCUT2D eigenvalue weighted by Gasteiger charge is 2.19. The van der Waals surface area contributed by atoms with Gasteiger partial charge >= 0.3 is 5.97 Å². The third-order valence-electron chi connectivity index (χ3n) is 3.71. The number of hydrogen-bond acceptors (Lipinski definition) is 4. The zero-order chi connectivity index (χ0) is 17.6. The number of esters is 1. The second-order valence-electron chi connectivity index (χ2n) is 5.38. The van der Waals surface area contributed by atoms with Gasteiger partial charge in [-0.1, -0.05) is 59.9 Å². The first kappa shape index (κ1) is 17.6. The maximum atomic E-state index is 12.4. The van der Waals surface area contributed by atoms with Crippen LogP contribution in [0, 0.1) is 6.92 Å². The fourth-order valence-electron chi connectivity index (χ4n) is 2.45. The van der Waals surface area contributed by atoms with Gasteiger partial charge in [0, 0.05) is 19.6 Å². The zero-order valence-electron chi connectivity index (χ0n) is 14.1. The van der Waals surface area contributed by atoms with Gasteiger partial charge in [-0.3, -0.25) is 0 Å². The number of hydrogen-bond donors (Lipinski definition) is 0. The van der Waals surface area contributed by atoms with E-state index in [4.69, 9.17) is 4.74 Å². The summed E-state index contributed by atoms with van der Waals surface area (Å²) in [5.41, 5.74) is 1.58. The second-order valence-corrected chi connectivity index (χ2v) is 7.61. The number of carbonyl (C=O) groups excluding carboxylic acids is 1. The van der Waals surface area contributed by atoms with Gasteiger partial charge in [0.1, 0.15) is 0 Å². The molecule has 0 radical (unpaired) electrons. The van der Waals surface area contributed by atoms with Crippen molar-refractivity contribution in [2.75, 3.05) is 7.11 Å². The van der Waals surface area contributed by atoms with Gasteiger partial charge in [-0.25, -0.2) is 4.79 Å². The topological polar surface area (TPSA) is 26.3 Å². The Morgan fingerprint density at radius 1 is 0.760 bits per heavy atom. The summed E-state index contributed by atoms with van der Waals surface area (Å²) in [5.74, 6) is -0.300. The van der Waals surface area contributed by atoms with E-state index in [2.05, 4.69) is 18.2 Å². The molecule has 3 aromatic rings. The van der Waals surface area contributed by atoms with Crippen molar-refractivity contribution in [2.24, 2.45) is 0 Å². The summed E-state index contributed by atoms with van der Waals surface area (Å²) in [6.07, 6.45) is 0. The van der Waals surface area contributed by atoms with E-state index in [-0.39, 0.29) is 5.97 Å². The molecule has 0 aliphatic heterocycles. The number of benzene rings is 3. The SMILES string of the molecule is COC(=O)c1c(Sc2ccccc2)ccc(Sc2ccccc2)c1C. The van der Waals surface area contributed by atoms with E-state index in [1.54, 1.807) is 23.5 Å². The van der Waals surface area contributed by atoms with E-state index >= 15 is 0 Å². The Morgan fingerprint density at radius 2 is 1.24 bits per heavy atom. The van der Waals surface area contributed by atoms with Gasteiger partial charge in [-0.15, -0.1) is 0 Å². The molecule has 126 valence electrons. The Labute approximate surface area is 156 Å². The number of methoxy groups -OCH3 is 1. The summed E-state index contributed by atoms with van der Waals surface area (Å²) < 4.78 is 5.04. The predicted molar refractivity (Wildman–Crippen MR) is 104 cm³/mol. The summed E-state index contributed by atoms with van der Waals surface area (Å²) >= 11 is 3.23. The molecule has 0 bridgehead atoms. The van der Waals surface area contributed by atoms with Crippen LogP contribution in [0.2, 0.25) is 0 Å². The maximum Gasteiger partial charge on any atom is 0.339 e. The Morgan fingerprint density at radius 3 is 1.76 bits per heavy atom. The number of rotatable bonds is 5. The van der Waals surface area contributed by atoms with Crippen LogP contribution in [-0.4, -0.2) is 13.1 Å². The Hall–Kier alpha value is -2.17. The molecule has 0 spiro atoms. The molecule has 0 saturated carbocycles. The highest BCUT2D eigenvalue weighted by Crippen LogP contribution is 2.38. The van der Waals surface area contributed by atoms with Gasteiger partial charge < -0.3 is 4.74 Å². The maximum absolute atomic E-state index is 12.4. The van der Waals surface area contributed by atoms with Crippen molar-refractivity contribution in [1.29, 1.82) is 0 Å². The molecule has 3 aromatic carbocycles. The zero-order valence-corrected chi connectivity index (χ0v) is 15.7. The first-order valence-electron chi connectivity index (χ1n) is 7.87. The van der Waals surface area contributed by atoms with Crippen LogP contribution in [0.1, 0.15) is 15.9 Å². The minimum absolute atomic E-state index is 0.300. The largest absolute Gasteiger partial charge is 0.465 e. The van der Waals surface area contributed by atoms with Crippen molar-refractivity contribution in [2.45, 2.75) is 26.5 Å². The van der Waals surface area contributed by atoms with Gasteiger partial charge in [0.15, 0.2) is 0 Å². The van der Waals surface area contributed by atoms with Crippen LogP contribution in [0.4, 0.5) is 0 Å². The molecule has 0 saturated heterocycles. The normalized spacial score (nSPS) is 10.5. The first-order valence-corrected chi connectivity index (χ1v) is 9.50. The minimum atomic E-state index is -0.300. The van der Waals surface area contributed by atoms with E-state index in [0.29, 0.717) is 5.56 Å². The van der Waals surface area contributed by atoms with E-state index in [0.717, 1.165) is 25.1 Å². The number of carbonyl (C=O) groups is 1. The minimum Gasteiger partial charge on any atom is -0.465 e. The summed E-state index contributed by atoms with van der Waals surface area (Å²) in [5, 5.41) is 0. The molecular formula is C21H18O2S2. The van der Waals surface area contributed by atoms with Crippen LogP contribution in [0.3, 0.4) is 0 Å². The highest BCUT2D eigenvalue weighted by molar-refractivity contribution is 8.00. The predicted octanol–water partition coefficient (Wildman–Crippen LogP) is 6.08. The Kier molecular flexibility index (Phi) is 5.84. The molecule has 25 heavy (non-hydrogen) atoms. The van der Waals surface area contributed by atoms with Gasteiger partial charge in [-0.2, -0.15) is 0 Å². The molecule has 0 aromatic heterocycles. The summed E-state index contributed by atoms with van der Waals surface area (Å²) in [4.78, 5) is 16.6. The fourth-order valence-corrected chi connectivity index (χ4v) is 4.41. The summed E-state index contributed by atoms with van der Waals surface area (Å²) in [6.45, 7) is 1.98. The van der Waals surface area contributed by atoms with E-state index in [9.17, 15) is 4.79 Å². The molecule has 0 unspecified atom stereocenters. The van der Waals surface area contributed by atoms with Crippen molar-refractivity contribution in [3.8, 4) is 0 Å². The van der Waals surface area contributed by atoms with Gasteiger partial charge in [0.05, 0.1) is 12.7 Å². The Bertz CT molecular complexity index is 862. The fraction of sp³-hybridized carbons (Fsp3) is 0.0952. The molecular weight excluding hydrogens is 348 g/mol. The Balaban J connectivity index is 1.99. The average molecular weight is 367 g/mol. The molecule has 0 aliphatic rings. The second kappa shape index (κ2) is 8.28. The van der Waals surface area contributed by atoms with Gasteiger partial charge in [-0.05, 0) is 48.9 Å². The third kappa shape index (κ3) is 4.27. The van der Waals surface area contributed by atoms with E-state index < -0.39 is 0 Å². The van der Waals surface area contributed by atoms with E-state index in [1.165, 1.54) is 7.11 Å². The first-order chi connectivity index (χ1) is 12.2. The van der Waals surface area contributed by atoms with Crippen molar-refractivity contribution in [3.05, 3.63) is 83.9 Å². The van der Waals surface area contributed by atoms with Crippen LogP contribution in [0.5, 0.6) is 0 Å². The van der Waals surface area contributed by atoms with Crippen LogP contribution in [0.25, 0.3) is 0 Å². The summed E-state index contributed by atoms with van der Waals surface area (Å²) in [6, 6.07) is 24.3. The lowest BCUT2D eigenvalue weighted by atomic mass is 10.1. The monoisotopic (exact) mass is 366 g/mol. The smallest absolute Gasteiger partial charge is 0.339 e. The lowest BCUT2D eigenvalue weighted by molar-refractivity contribution is 0.0595. The molecule has 2 nitrogen and oxygen atoms in total. The quantitative estimate of drug-likeness (QED) is 0.511. The van der Waals surface area contributed by atoms with Gasteiger partial charge in [0.25, 0.3) is 0 Å². The van der Waals surface area contributed by atoms with Crippen molar-refractivity contribution >= 4 is 29.5 Å². The molecule has 0 heterocycles. The van der Waals surface area contributed by atoms with Crippen LogP contribution in [-0.2, 0) is 4.74 Å². The highest BCUT2D eigenvalue weighted by atomic mass is 32.2. The van der Waals surface area contributed by atoms with Crippen molar-refractivity contribution in [1.82, 2.24) is 0 Å². The molecule has 0 amide bonds. The average Bonchev–Trinajstić information content (AvgIpc) is 2.65. The molecule has 3 rings (SSSR count). The summed E-state index contributed by atoms with van der Waals surface area (Å²) in [7, 11) is 1.43. The van der Waals surface area contributed by atoms with Crippen LogP contribution < -0.4 is 0 Å². The lowest BCUT2D eigenvalue weighted by Crippen LogP contribution is -2.06. The molecule has 0 aliphatic carbocycles. The standard InChI is InChI=1S/C21H18O2S2/c1-15-18(24-16-9-5-3-6-10-16)13-14-19(20(15)21(22)23-2)25-17-11-7-4-8-12-17/h3-14H,1-2H3. The van der Waals surface area contributed by atoms with Gasteiger partial charge in [0.2, 0.25) is 0 Å². The molecule has 0 N–H and O–H groups in total. The van der Waals surface area contributed by atoms with Crippen molar-refractivity contribution < 1.29 is 9.53 Å². The third-order valence-corrected chi connectivity index (χ3v) is 5.95. The van der Waals surface area contributed by atoms with Crippen LogP contribution in [0.15, 0.2) is 92.4 Å². The van der Waals surface area contributed by atoms with Crippen molar-refractivity contribution in [3.63, 3.8) is 0 Å². The lowest BCUT2D eigenvalue weighted by Gasteiger charge is -2.14.